The van der Waals surface area contributed by atoms with Gasteiger partial charge in [0.15, 0.2) is 5.13 Å². The van der Waals surface area contributed by atoms with Crippen LogP contribution < -0.4 is 4.90 Å². The van der Waals surface area contributed by atoms with E-state index >= 15 is 0 Å². The normalized spacial score (nSPS) is 11.0. The first-order chi connectivity index (χ1) is 13.5. The third kappa shape index (κ3) is 3.53. The summed E-state index contributed by atoms with van der Waals surface area (Å²) in [4.78, 5) is 19.7. The number of thiazole rings is 1. The Labute approximate surface area is 167 Å². The Balaban J connectivity index is 1.80. The fourth-order valence-electron chi connectivity index (χ4n) is 3.10. The number of fused-ring (bicyclic) bond motifs is 1. The maximum atomic E-state index is 13.3. The molecule has 0 bridgehead atoms. The topological polar surface area (TPSA) is 33.2 Å². The molecule has 0 spiro atoms. The molecular formula is C23H19FN2OS. The molecule has 0 radical (unpaired) electrons. The van der Waals surface area contributed by atoms with Crippen molar-refractivity contribution >= 4 is 32.6 Å². The highest BCUT2D eigenvalue weighted by molar-refractivity contribution is 7.22. The van der Waals surface area contributed by atoms with E-state index in [4.69, 9.17) is 4.98 Å². The van der Waals surface area contributed by atoms with E-state index in [0.29, 0.717) is 17.2 Å². The highest BCUT2D eigenvalue weighted by Gasteiger charge is 2.22. The van der Waals surface area contributed by atoms with Gasteiger partial charge in [0, 0.05) is 5.56 Å². The predicted octanol–water partition coefficient (Wildman–Crippen LogP) is 5.90. The molecule has 1 amide bonds. The van der Waals surface area contributed by atoms with Crippen LogP contribution in [-0.2, 0) is 6.54 Å². The number of aromatic nitrogens is 1. The smallest absolute Gasteiger partial charge is 0.260 e. The molecule has 0 aliphatic rings. The number of rotatable bonds is 4. The van der Waals surface area contributed by atoms with Crippen molar-refractivity contribution in [1.29, 1.82) is 0 Å². The van der Waals surface area contributed by atoms with E-state index in [-0.39, 0.29) is 11.7 Å². The summed E-state index contributed by atoms with van der Waals surface area (Å²) in [7, 11) is 0. The van der Waals surface area contributed by atoms with Crippen molar-refractivity contribution in [3.8, 4) is 0 Å². The van der Waals surface area contributed by atoms with Gasteiger partial charge in [-0.3, -0.25) is 9.69 Å². The lowest BCUT2D eigenvalue weighted by Crippen LogP contribution is -2.30. The Morgan fingerprint density at radius 3 is 2.32 bits per heavy atom. The minimum atomic E-state index is -0.364. The lowest BCUT2D eigenvalue weighted by Gasteiger charge is -2.20. The first-order valence-corrected chi connectivity index (χ1v) is 9.82. The molecular weight excluding hydrogens is 371 g/mol. The minimum Gasteiger partial charge on any atom is -0.279 e. The summed E-state index contributed by atoms with van der Waals surface area (Å²) >= 11 is 1.51. The number of aryl methyl sites for hydroxylation is 2. The van der Waals surface area contributed by atoms with Crippen molar-refractivity contribution in [1.82, 2.24) is 4.98 Å². The zero-order valence-corrected chi connectivity index (χ0v) is 16.5. The van der Waals surface area contributed by atoms with E-state index in [1.165, 1.54) is 35.6 Å². The number of carbonyl (C=O) groups is 1. The summed E-state index contributed by atoms with van der Waals surface area (Å²) < 4.78 is 14.4. The van der Waals surface area contributed by atoms with Crippen LogP contribution in [0.1, 0.15) is 27.0 Å². The second-order valence-corrected chi connectivity index (χ2v) is 7.73. The summed E-state index contributed by atoms with van der Waals surface area (Å²) in [6, 6.07) is 19.6. The Hall–Kier alpha value is -3.05. The second-order valence-electron chi connectivity index (χ2n) is 6.76. The molecule has 4 aromatic rings. The summed E-state index contributed by atoms with van der Waals surface area (Å²) in [5.41, 5.74) is 4.58. The molecule has 3 nitrogen and oxygen atoms in total. The zero-order chi connectivity index (χ0) is 19.7. The summed E-state index contributed by atoms with van der Waals surface area (Å²) in [5.74, 6) is -0.560. The molecule has 5 heteroatoms. The number of hydrogen-bond donors (Lipinski definition) is 0. The zero-order valence-electron chi connectivity index (χ0n) is 15.6. The molecule has 0 saturated heterocycles. The van der Waals surface area contributed by atoms with E-state index in [0.717, 1.165) is 26.9 Å². The van der Waals surface area contributed by atoms with Gasteiger partial charge in [0.05, 0.1) is 16.8 Å². The first kappa shape index (κ1) is 18.3. The molecule has 0 saturated carbocycles. The van der Waals surface area contributed by atoms with Crippen molar-refractivity contribution in [2.45, 2.75) is 20.4 Å². The highest BCUT2D eigenvalue weighted by atomic mass is 32.1. The van der Waals surface area contributed by atoms with Gasteiger partial charge < -0.3 is 0 Å². The van der Waals surface area contributed by atoms with Crippen LogP contribution in [0.3, 0.4) is 0 Å². The van der Waals surface area contributed by atoms with E-state index in [1.807, 2.05) is 50.2 Å². The molecule has 3 aromatic carbocycles. The molecule has 1 aromatic heterocycles. The Kier molecular flexibility index (Phi) is 4.92. The van der Waals surface area contributed by atoms with Gasteiger partial charge in [-0.15, -0.1) is 0 Å². The number of nitrogens with zero attached hydrogens (tertiary/aromatic N) is 2. The van der Waals surface area contributed by atoms with Crippen LogP contribution in [0, 0.1) is 19.7 Å². The quantitative estimate of drug-likeness (QED) is 0.435. The maximum absolute atomic E-state index is 13.3. The van der Waals surface area contributed by atoms with Gasteiger partial charge in [-0.2, -0.15) is 0 Å². The molecule has 0 aliphatic carbocycles. The van der Waals surface area contributed by atoms with Gasteiger partial charge >= 0.3 is 0 Å². The lowest BCUT2D eigenvalue weighted by molar-refractivity contribution is 0.0985. The largest absolute Gasteiger partial charge is 0.279 e. The number of halogens is 1. The maximum Gasteiger partial charge on any atom is 0.260 e. The van der Waals surface area contributed by atoms with Crippen molar-refractivity contribution in [3.05, 3.63) is 94.8 Å². The molecule has 0 N–H and O–H groups in total. The highest BCUT2D eigenvalue weighted by Crippen LogP contribution is 2.34. The first-order valence-electron chi connectivity index (χ1n) is 9.01. The molecule has 4 rings (SSSR count). The fourth-order valence-corrected chi connectivity index (χ4v) is 4.21. The van der Waals surface area contributed by atoms with Crippen LogP contribution in [-0.4, -0.2) is 10.9 Å². The molecule has 140 valence electrons. The number of carbonyl (C=O) groups excluding carboxylic acids is 1. The average Bonchev–Trinajstić information content (AvgIpc) is 3.16. The van der Waals surface area contributed by atoms with E-state index < -0.39 is 0 Å². The number of benzene rings is 3. The summed E-state index contributed by atoms with van der Waals surface area (Å²) in [6.45, 7) is 4.47. The average molecular weight is 390 g/mol. The van der Waals surface area contributed by atoms with Crippen LogP contribution in [0.25, 0.3) is 10.2 Å². The number of hydrogen-bond acceptors (Lipinski definition) is 3. The van der Waals surface area contributed by atoms with Crippen LogP contribution in [0.5, 0.6) is 0 Å². The number of amides is 1. The Bertz CT molecular complexity index is 1100. The van der Waals surface area contributed by atoms with Crippen LogP contribution >= 0.6 is 11.3 Å². The predicted molar refractivity (Wildman–Crippen MR) is 112 cm³/mol. The Morgan fingerprint density at radius 2 is 1.64 bits per heavy atom. The van der Waals surface area contributed by atoms with E-state index in [9.17, 15) is 9.18 Å². The third-order valence-electron chi connectivity index (χ3n) is 4.68. The van der Waals surface area contributed by atoms with Gasteiger partial charge in [0.25, 0.3) is 5.91 Å². The molecule has 0 aliphatic heterocycles. The molecule has 0 fully saturated rings. The molecule has 0 unspecified atom stereocenters. The minimum absolute atomic E-state index is 0.196. The van der Waals surface area contributed by atoms with Crippen LogP contribution in [0.2, 0.25) is 0 Å². The summed E-state index contributed by atoms with van der Waals surface area (Å²) in [5, 5.41) is 0.644. The monoisotopic (exact) mass is 390 g/mol. The third-order valence-corrected chi connectivity index (χ3v) is 5.90. The van der Waals surface area contributed by atoms with Crippen LogP contribution in [0.15, 0.2) is 66.7 Å². The summed E-state index contributed by atoms with van der Waals surface area (Å²) in [6.07, 6.45) is 0. The van der Waals surface area contributed by atoms with Gasteiger partial charge in [0.1, 0.15) is 5.82 Å². The van der Waals surface area contributed by atoms with E-state index in [2.05, 4.69) is 6.07 Å². The molecule has 0 atom stereocenters. The fraction of sp³-hybridized carbons (Fsp3) is 0.130. The number of anilines is 1. The van der Waals surface area contributed by atoms with E-state index in [1.54, 1.807) is 4.90 Å². The van der Waals surface area contributed by atoms with Crippen molar-refractivity contribution in [2.75, 3.05) is 4.90 Å². The van der Waals surface area contributed by atoms with Crippen LogP contribution in [0.4, 0.5) is 9.52 Å². The van der Waals surface area contributed by atoms with Crippen molar-refractivity contribution in [3.63, 3.8) is 0 Å². The molecule has 1 heterocycles. The second kappa shape index (κ2) is 7.52. The SMILES string of the molecule is Cc1ccc(C)c2sc(N(Cc3ccccc3)C(=O)c3ccc(F)cc3)nc12. The molecule has 28 heavy (non-hydrogen) atoms. The van der Waals surface area contributed by atoms with Gasteiger partial charge in [-0.25, -0.2) is 9.37 Å². The van der Waals surface area contributed by atoms with Crippen molar-refractivity contribution in [2.24, 2.45) is 0 Å². The van der Waals surface area contributed by atoms with Gasteiger partial charge in [0.2, 0.25) is 0 Å². The standard InChI is InChI=1S/C23H19FN2OS/c1-15-8-9-16(2)21-20(15)25-23(28-21)26(14-17-6-4-3-5-7-17)22(27)18-10-12-19(24)13-11-18/h3-13H,14H2,1-2H3. The Morgan fingerprint density at radius 1 is 0.964 bits per heavy atom. The van der Waals surface area contributed by atoms with Gasteiger partial charge in [-0.05, 0) is 54.8 Å². The lowest BCUT2D eigenvalue weighted by atomic mass is 10.1. The van der Waals surface area contributed by atoms with Gasteiger partial charge in [-0.1, -0.05) is 53.8 Å². The van der Waals surface area contributed by atoms with Crippen molar-refractivity contribution < 1.29 is 9.18 Å².